The van der Waals surface area contributed by atoms with Crippen LogP contribution in [0.2, 0.25) is 0 Å². The molecule has 0 spiro atoms. The largest absolute Gasteiger partial charge is 0.353 e. The molecular weight excluding hydrogens is 220 g/mol. The quantitative estimate of drug-likeness (QED) is 0.772. The maximum atomic E-state index is 12.0. The van der Waals surface area contributed by atoms with E-state index in [-0.39, 0.29) is 11.8 Å². The standard InChI is InChI=1S/C12H22N2OS/c13-10-3-1-9(2-4-10)12(15)14-11-5-7-16-8-6-11/h9-11H,1-8,13H2,(H,14,15). The third-order valence-corrected chi connectivity index (χ3v) is 4.76. The monoisotopic (exact) mass is 242 g/mol. The van der Waals surface area contributed by atoms with Gasteiger partial charge < -0.3 is 11.1 Å². The zero-order chi connectivity index (χ0) is 11.4. The van der Waals surface area contributed by atoms with Gasteiger partial charge in [0.2, 0.25) is 5.91 Å². The second-order valence-electron chi connectivity index (χ2n) is 5.01. The lowest BCUT2D eigenvalue weighted by molar-refractivity contribution is -0.126. The molecule has 0 aromatic carbocycles. The van der Waals surface area contributed by atoms with Crippen LogP contribution in [0.15, 0.2) is 0 Å². The molecule has 0 aromatic rings. The molecule has 1 aliphatic carbocycles. The molecule has 92 valence electrons. The number of hydrogen-bond donors (Lipinski definition) is 2. The van der Waals surface area contributed by atoms with E-state index in [9.17, 15) is 4.79 Å². The third-order valence-electron chi connectivity index (χ3n) is 3.71. The van der Waals surface area contributed by atoms with Crippen LogP contribution in [0.25, 0.3) is 0 Å². The van der Waals surface area contributed by atoms with E-state index in [1.165, 1.54) is 11.5 Å². The lowest BCUT2D eigenvalue weighted by Crippen LogP contribution is -2.42. The Morgan fingerprint density at radius 1 is 1.06 bits per heavy atom. The minimum atomic E-state index is 0.231. The number of amides is 1. The molecule has 1 aliphatic heterocycles. The molecule has 2 fully saturated rings. The molecule has 2 aliphatic rings. The van der Waals surface area contributed by atoms with E-state index in [0.717, 1.165) is 38.5 Å². The van der Waals surface area contributed by atoms with Crippen molar-refractivity contribution in [3.63, 3.8) is 0 Å². The molecule has 2 rings (SSSR count). The fourth-order valence-electron chi connectivity index (χ4n) is 2.54. The summed E-state index contributed by atoms with van der Waals surface area (Å²) in [5, 5.41) is 3.21. The van der Waals surface area contributed by atoms with Gasteiger partial charge in [-0.25, -0.2) is 0 Å². The van der Waals surface area contributed by atoms with Crippen LogP contribution in [0.4, 0.5) is 0 Å². The molecule has 0 radical (unpaired) electrons. The second kappa shape index (κ2) is 5.92. The highest BCUT2D eigenvalue weighted by Crippen LogP contribution is 2.24. The van der Waals surface area contributed by atoms with Gasteiger partial charge in [-0.15, -0.1) is 0 Å². The van der Waals surface area contributed by atoms with Crippen molar-refractivity contribution in [3.8, 4) is 0 Å². The number of nitrogens with one attached hydrogen (secondary N) is 1. The molecule has 1 amide bonds. The Kier molecular flexibility index (Phi) is 4.53. The van der Waals surface area contributed by atoms with Crippen molar-refractivity contribution in [3.05, 3.63) is 0 Å². The van der Waals surface area contributed by atoms with E-state index >= 15 is 0 Å². The Balaban J connectivity index is 1.74. The first-order valence-electron chi connectivity index (χ1n) is 6.39. The highest BCUT2D eigenvalue weighted by Gasteiger charge is 2.26. The predicted molar refractivity (Wildman–Crippen MR) is 68.4 cm³/mol. The Morgan fingerprint density at radius 2 is 1.69 bits per heavy atom. The molecule has 1 saturated carbocycles. The van der Waals surface area contributed by atoms with Crippen molar-refractivity contribution < 1.29 is 4.79 Å². The topological polar surface area (TPSA) is 55.1 Å². The predicted octanol–water partition coefficient (Wildman–Crippen LogP) is 1.52. The van der Waals surface area contributed by atoms with Gasteiger partial charge in [-0.1, -0.05) is 0 Å². The van der Waals surface area contributed by atoms with Gasteiger partial charge >= 0.3 is 0 Å². The molecule has 1 heterocycles. The molecular formula is C12H22N2OS. The Morgan fingerprint density at radius 3 is 2.31 bits per heavy atom. The number of nitrogens with two attached hydrogens (primary N) is 1. The Labute approximate surface area is 102 Å². The van der Waals surface area contributed by atoms with E-state index < -0.39 is 0 Å². The summed E-state index contributed by atoms with van der Waals surface area (Å²) in [6.45, 7) is 0. The van der Waals surface area contributed by atoms with E-state index in [4.69, 9.17) is 5.73 Å². The molecule has 4 heteroatoms. The smallest absolute Gasteiger partial charge is 0.223 e. The minimum Gasteiger partial charge on any atom is -0.353 e. The number of hydrogen-bond acceptors (Lipinski definition) is 3. The molecule has 3 N–H and O–H groups in total. The molecule has 0 bridgehead atoms. The number of rotatable bonds is 2. The maximum absolute atomic E-state index is 12.0. The summed E-state index contributed by atoms with van der Waals surface area (Å²) in [6, 6.07) is 0.763. The fraction of sp³-hybridized carbons (Fsp3) is 0.917. The zero-order valence-corrected chi connectivity index (χ0v) is 10.6. The van der Waals surface area contributed by atoms with Crippen LogP contribution in [-0.4, -0.2) is 29.5 Å². The first-order valence-corrected chi connectivity index (χ1v) is 7.55. The van der Waals surface area contributed by atoms with Crippen LogP contribution >= 0.6 is 11.8 Å². The van der Waals surface area contributed by atoms with Crippen LogP contribution in [-0.2, 0) is 4.79 Å². The Bertz CT molecular complexity index is 233. The van der Waals surface area contributed by atoms with Gasteiger partial charge in [0.25, 0.3) is 0 Å². The highest BCUT2D eigenvalue weighted by molar-refractivity contribution is 7.99. The van der Waals surface area contributed by atoms with E-state index in [0.29, 0.717) is 12.1 Å². The number of thioether (sulfide) groups is 1. The van der Waals surface area contributed by atoms with Crippen molar-refractivity contribution in [2.24, 2.45) is 11.7 Å². The van der Waals surface area contributed by atoms with Crippen LogP contribution in [0, 0.1) is 5.92 Å². The van der Waals surface area contributed by atoms with Crippen LogP contribution < -0.4 is 11.1 Å². The van der Waals surface area contributed by atoms with Gasteiger partial charge in [-0.2, -0.15) is 11.8 Å². The average molecular weight is 242 g/mol. The summed E-state index contributed by atoms with van der Waals surface area (Å²) in [4.78, 5) is 12.0. The van der Waals surface area contributed by atoms with Gasteiger partial charge in [-0.3, -0.25) is 4.79 Å². The molecule has 0 unspecified atom stereocenters. The first kappa shape index (κ1) is 12.2. The van der Waals surface area contributed by atoms with Crippen LogP contribution in [0.1, 0.15) is 38.5 Å². The van der Waals surface area contributed by atoms with Crippen LogP contribution in [0.3, 0.4) is 0 Å². The summed E-state index contributed by atoms with van der Waals surface area (Å²) in [7, 11) is 0. The molecule has 3 nitrogen and oxygen atoms in total. The summed E-state index contributed by atoms with van der Waals surface area (Å²) in [5.41, 5.74) is 5.85. The number of carbonyl (C=O) groups is 1. The second-order valence-corrected chi connectivity index (χ2v) is 6.23. The van der Waals surface area contributed by atoms with E-state index in [2.05, 4.69) is 5.32 Å². The van der Waals surface area contributed by atoms with E-state index in [1.807, 2.05) is 11.8 Å². The summed E-state index contributed by atoms with van der Waals surface area (Å²) in [5.74, 6) is 2.90. The fourth-order valence-corrected chi connectivity index (χ4v) is 3.65. The maximum Gasteiger partial charge on any atom is 0.223 e. The van der Waals surface area contributed by atoms with Crippen molar-refractivity contribution in [2.75, 3.05) is 11.5 Å². The molecule has 0 atom stereocenters. The third kappa shape index (κ3) is 3.39. The van der Waals surface area contributed by atoms with Gasteiger partial charge in [0.15, 0.2) is 0 Å². The van der Waals surface area contributed by atoms with Crippen molar-refractivity contribution >= 4 is 17.7 Å². The SMILES string of the molecule is NC1CCC(C(=O)NC2CCSCC2)CC1. The number of carbonyl (C=O) groups excluding carboxylic acids is 1. The van der Waals surface area contributed by atoms with Gasteiger partial charge in [0.05, 0.1) is 0 Å². The lowest BCUT2D eigenvalue weighted by Gasteiger charge is -2.28. The van der Waals surface area contributed by atoms with Gasteiger partial charge in [0, 0.05) is 18.0 Å². The van der Waals surface area contributed by atoms with Crippen molar-refractivity contribution in [1.82, 2.24) is 5.32 Å². The molecule has 16 heavy (non-hydrogen) atoms. The summed E-state index contributed by atoms with van der Waals surface area (Å²) in [6.07, 6.45) is 6.27. The van der Waals surface area contributed by atoms with Crippen LogP contribution in [0.5, 0.6) is 0 Å². The average Bonchev–Trinajstić information content (AvgIpc) is 2.31. The lowest BCUT2D eigenvalue weighted by atomic mass is 9.85. The first-order chi connectivity index (χ1) is 7.75. The van der Waals surface area contributed by atoms with Gasteiger partial charge in [-0.05, 0) is 50.0 Å². The Hall–Kier alpha value is -0.220. The van der Waals surface area contributed by atoms with Gasteiger partial charge in [0.1, 0.15) is 0 Å². The van der Waals surface area contributed by atoms with Crippen molar-refractivity contribution in [2.45, 2.75) is 50.6 Å². The minimum absolute atomic E-state index is 0.231. The summed E-state index contributed by atoms with van der Waals surface area (Å²) >= 11 is 1.99. The summed E-state index contributed by atoms with van der Waals surface area (Å²) < 4.78 is 0. The molecule has 1 saturated heterocycles. The van der Waals surface area contributed by atoms with E-state index in [1.54, 1.807) is 0 Å². The highest BCUT2D eigenvalue weighted by atomic mass is 32.2. The van der Waals surface area contributed by atoms with Crippen molar-refractivity contribution in [1.29, 1.82) is 0 Å². The normalized spacial score (nSPS) is 32.3. The molecule has 0 aromatic heterocycles. The zero-order valence-electron chi connectivity index (χ0n) is 9.78.